The molecule has 4 rings (SSSR count). The molecule has 4 atom stereocenters. The van der Waals surface area contributed by atoms with Gasteiger partial charge in [-0.25, -0.2) is 0 Å². The minimum Gasteiger partial charge on any atom is -0.374 e. The summed E-state index contributed by atoms with van der Waals surface area (Å²) in [7, 11) is 0. The predicted octanol–water partition coefficient (Wildman–Crippen LogP) is 3.67. The minimum atomic E-state index is -0.576. The first-order chi connectivity index (χ1) is 14.1. The monoisotopic (exact) mass is 397 g/mol. The molecule has 1 saturated heterocycles. The number of ether oxygens (including phenoxy) is 4. The van der Waals surface area contributed by atoms with E-state index < -0.39 is 5.79 Å². The van der Waals surface area contributed by atoms with Crippen LogP contribution in [-0.2, 0) is 32.1 Å². The van der Waals surface area contributed by atoms with Gasteiger partial charge in [-0.3, -0.25) is 0 Å². The van der Waals surface area contributed by atoms with E-state index in [-0.39, 0.29) is 24.4 Å². The van der Waals surface area contributed by atoms with Crippen LogP contribution in [0.25, 0.3) is 0 Å². The van der Waals surface area contributed by atoms with Crippen LogP contribution in [0.1, 0.15) is 31.4 Å². The summed E-state index contributed by atoms with van der Waals surface area (Å²) in [5, 5.41) is 3.64. The van der Waals surface area contributed by atoms with Crippen molar-refractivity contribution in [3.63, 3.8) is 0 Å². The molecule has 5 nitrogen and oxygen atoms in total. The second-order valence-electron chi connectivity index (χ2n) is 8.22. The fourth-order valence-electron chi connectivity index (χ4n) is 4.16. The number of fused-ring (bicyclic) bond motifs is 1. The second-order valence-corrected chi connectivity index (χ2v) is 8.22. The Morgan fingerprint density at radius 1 is 0.897 bits per heavy atom. The maximum Gasteiger partial charge on any atom is 0.163 e. The van der Waals surface area contributed by atoms with Gasteiger partial charge in [-0.15, -0.1) is 0 Å². The van der Waals surface area contributed by atoms with Gasteiger partial charge in [0.15, 0.2) is 5.79 Å². The summed E-state index contributed by atoms with van der Waals surface area (Å²) in [5.41, 5.74) is 2.44. The van der Waals surface area contributed by atoms with Crippen LogP contribution in [0, 0.1) is 0 Å². The highest BCUT2D eigenvalue weighted by molar-refractivity contribution is 5.15. The van der Waals surface area contributed by atoms with Gasteiger partial charge >= 0.3 is 0 Å². The first kappa shape index (κ1) is 20.5. The molecule has 2 aromatic carbocycles. The lowest BCUT2D eigenvalue weighted by atomic mass is 10.1. The molecule has 1 aliphatic carbocycles. The van der Waals surface area contributed by atoms with Gasteiger partial charge in [0, 0.05) is 12.6 Å². The van der Waals surface area contributed by atoms with Gasteiger partial charge in [-0.05, 0) is 31.4 Å². The molecule has 5 heteroatoms. The topological polar surface area (TPSA) is 49.0 Å². The van der Waals surface area contributed by atoms with Crippen molar-refractivity contribution in [3.05, 3.63) is 71.8 Å². The van der Waals surface area contributed by atoms with Gasteiger partial charge in [0.1, 0.15) is 12.2 Å². The minimum absolute atomic E-state index is 0.00366. The molecule has 2 aliphatic rings. The summed E-state index contributed by atoms with van der Waals surface area (Å²) in [4.78, 5) is 0. The zero-order valence-electron chi connectivity index (χ0n) is 17.3. The number of nitrogens with one attached hydrogen (secondary N) is 1. The lowest BCUT2D eigenvalue weighted by Crippen LogP contribution is -2.39. The first-order valence-corrected chi connectivity index (χ1v) is 10.5. The van der Waals surface area contributed by atoms with Gasteiger partial charge in [-0.1, -0.05) is 60.7 Å². The average Bonchev–Trinajstić information content (AvgIpc) is 3.21. The van der Waals surface area contributed by atoms with E-state index in [9.17, 15) is 0 Å². The average molecular weight is 398 g/mol. The van der Waals surface area contributed by atoms with Gasteiger partial charge in [0.25, 0.3) is 0 Å². The number of benzene rings is 2. The molecular formula is C24H31NO4. The molecule has 0 bridgehead atoms. The van der Waals surface area contributed by atoms with Crippen LogP contribution in [-0.4, -0.2) is 43.4 Å². The number of hydrogen-bond acceptors (Lipinski definition) is 5. The summed E-state index contributed by atoms with van der Waals surface area (Å²) < 4.78 is 24.3. The smallest absolute Gasteiger partial charge is 0.163 e. The Balaban J connectivity index is 1.26. The Morgan fingerprint density at radius 2 is 1.55 bits per heavy atom. The van der Waals surface area contributed by atoms with Crippen LogP contribution in [0.2, 0.25) is 0 Å². The maximum absolute atomic E-state index is 6.19. The summed E-state index contributed by atoms with van der Waals surface area (Å²) in [6.45, 7) is 6.48. The highest BCUT2D eigenvalue weighted by atomic mass is 16.8. The molecule has 2 fully saturated rings. The Labute approximate surface area is 173 Å². The largest absolute Gasteiger partial charge is 0.374 e. The van der Waals surface area contributed by atoms with Crippen molar-refractivity contribution in [2.75, 3.05) is 13.2 Å². The first-order valence-electron chi connectivity index (χ1n) is 10.5. The normalized spacial score (nSPS) is 27.8. The third-order valence-corrected chi connectivity index (χ3v) is 5.50. The van der Waals surface area contributed by atoms with Gasteiger partial charge in [0.05, 0.1) is 25.9 Å². The van der Waals surface area contributed by atoms with E-state index in [0.717, 1.165) is 13.0 Å². The molecule has 0 amide bonds. The molecule has 0 spiro atoms. The fraction of sp³-hybridized carbons (Fsp3) is 0.500. The fourth-order valence-corrected chi connectivity index (χ4v) is 4.16. The zero-order chi connectivity index (χ0) is 20.1. The van der Waals surface area contributed by atoms with E-state index in [4.69, 9.17) is 18.9 Å². The second kappa shape index (κ2) is 9.37. The van der Waals surface area contributed by atoms with Gasteiger partial charge in [-0.2, -0.15) is 0 Å². The molecular weight excluding hydrogens is 366 g/mol. The van der Waals surface area contributed by atoms with E-state index in [1.54, 1.807) is 0 Å². The van der Waals surface area contributed by atoms with Crippen molar-refractivity contribution in [1.82, 2.24) is 5.32 Å². The molecule has 1 saturated carbocycles. The summed E-state index contributed by atoms with van der Waals surface area (Å²) in [6.07, 6.45) is 0.837. The van der Waals surface area contributed by atoms with Crippen LogP contribution < -0.4 is 5.32 Å². The van der Waals surface area contributed by atoms with E-state index in [1.165, 1.54) is 11.1 Å². The molecule has 1 N–H and O–H groups in total. The highest BCUT2D eigenvalue weighted by Crippen LogP contribution is 2.39. The van der Waals surface area contributed by atoms with E-state index in [0.29, 0.717) is 19.8 Å². The van der Waals surface area contributed by atoms with Crippen molar-refractivity contribution in [2.45, 2.75) is 63.6 Å². The van der Waals surface area contributed by atoms with E-state index in [2.05, 4.69) is 41.7 Å². The SMILES string of the molecule is CC1(C)O[C@@H]2[C@H](O1)[C@@H](OCCOCc1ccccc1)C[C@H]2NCc1ccccc1. The van der Waals surface area contributed by atoms with Crippen LogP contribution in [0.4, 0.5) is 0 Å². The summed E-state index contributed by atoms with van der Waals surface area (Å²) >= 11 is 0. The van der Waals surface area contributed by atoms with Crippen LogP contribution in [0.15, 0.2) is 60.7 Å². The molecule has 0 unspecified atom stereocenters. The van der Waals surface area contributed by atoms with Gasteiger partial charge < -0.3 is 24.3 Å². The Kier molecular flexibility index (Phi) is 6.63. The quantitative estimate of drug-likeness (QED) is 0.655. The predicted molar refractivity (Wildman–Crippen MR) is 111 cm³/mol. The van der Waals surface area contributed by atoms with Crippen molar-refractivity contribution in [2.24, 2.45) is 0 Å². The molecule has 1 heterocycles. The lowest BCUT2D eigenvalue weighted by Gasteiger charge is -2.24. The molecule has 29 heavy (non-hydrogen) atoms. The molecule has 156 valence electrons. The molecule has 0 radical (unpaired) electrons. The highest BCUT2D eigenvalue weighted by Gasteiger charge is 2.54. The molecule has 1 aliphatic heterocycles. The molecule has 2 aromatic rings. The summed E-state index contributed by atoms with van der Waals surface area (Å²) in [6, 6.07) is 20.8. The van der Waals surface area contributed by atoms with E-state index >= 15 is 0 Å². The zero-order valence-corrected chi connectivity index (χ0v) is 17.3. The van der Waals surface area contributed by atoms with Gasteiger partial charge in [0.2, 0.25) is 0 Å². The maximum atomic E-state index is 6.19. The van der Waals surface area contributed by atoms with Crippen molar-refractivity contribution < 1.29 is 18.9 Å². The third kappa shape index (κ3) is 5.44. The van der Waals surface area contributed by atoms with Crippen LogP contribution in [0.5, 0.6) is 0 Å². The van der Waals surface area contributed by atoms with E-state index in [1.807, 2.05) is 38.1 Å². The number of hydrogen-bond donors (Lipinski definition) is 1. The van der Waals surface area contributed by atoms with Crippen molar-refractivity contribution in [1.29, 1.82) is 0 Å². The Morgan fingerprint density at radius 3 is 2.28 bits per heavy atom. The lowest BCUT2D eigenvalue weighted by molar-refractivity contribution is -0.169. The third-order valence-electron chi connectivity index (χ3n) is 5.50. The van der Waals surface area contributed by atoms with Crippen molar-refractivity contribution >= 4 is 0 Å². The number of rotatable bonds is 9. The van der Waals surface area contributed by atoms with Crippen molar-refractivity contribution in [3.8, 4) is 0 Å². The van der Waals surface area contributed by atoms with Crippen LogP contribution in [0.3, 0.4) is 0 Å². The Hall–Kier alpha value is -1.76. The Bertz CT molecular complexity index is 752. The van der Waals surface area contributed by atoms with Crippen LogP contribution >= 0.6 is 0 Å². The molecule has 0 aromatic heterocycles. The standard InChI is InChI=1S/C24H31NO4/c1-24(2)28-22-20(25-16-18-9-5-3-6-10-18)15-21(23(22)29-24)27-14-13-26-17-19-11-7-4-8-12-19/h3-12,20-23,25H,13-17H2,1-2H3/t20-,21+,22+,23-/m1/s1. The summed E-state index contributed by atoms with van der Waals surface area (Å²) in [5.74, 6) is -0.576.